The van der Waals surface area contributed by atoms with Crippen LogP contribution in [0.3, 0.4) is 0 Å². The zero-order valence-corrected chi connectivity index (χ0v) is 10.7. The molecule has 0 fully saturated rings. The van der Waals surface area contributed by atoms with Gasteiger partial charge in [-0.2, -0.15) is 0 Å². The van der Waals surface area contributed by atoms with Crippen molar-refractivity contribution in [1.82, 2.24) is 0 Å². The molecule has 0 amide bonds. The molecule has 104 valence electrons. The number of aliphatic hydroxyl groups is 2. The first-order valence-electron chi connectivity index (χ1n) is 5.71. The predicted molar refractivity (Wildman–Crippen MR) is 63.7 cm³/mol. The number of hydrogen-bond acceptors (Lipinski definition) is 6. The van der Waals surface area contributed by atoms with Gasteiger partial charge in [-0.05, 0) is 12.0 Å². The molecule has 0 aromatic carbocycles. The minimum absolute atomic E-state index is 0.0408. The molecule has 0 aliphatic heterocycles. The van der Waals surface area contributed by atoms with E-state index in [9.17, 15) is 14.7 Å². The van der Waals surface area contributed by atoms with Crippen molar-refractivity contribution < 1.29 is 29.3 Å². The summed E-state index contributed by atoms with van der Waals surface area (Å²) in [4.78, 5) is 21.3. The van der Waals surface area contributed by atoms with Gasteiger partial charge in [0.05, 0.1) is 12.7 Å². The van der Waals surface area contributed by atoms with Crippen LogP contribution < -0.4 is 0 Å². The molecule has 1 atom stereocenters. The summed E-state index contributed by atoms with van der Waals surface area (Å²) in [6, 6.07) is 0. The van der Waals surface area contributed by atoms with Crippen LogP contribution in [0, 0.1) is 0 Å². The zero-order valence-electron chi connectivity index (χ0n) is 10.7. The fraction of sp³-hybridized carbons (Fsp3) is 0.667. The van der Waals surface area contributed by atoms with Gasteiger partial charge in [0, 0.05) is 26.9 Å². The third-order valence-corrected chi connectivity index (χ3v) is 2.04. The fourth-order valence-electron chi connectivity index (χ4n) is 1.21. The van der Waals surface area contributed by atoms with Gasteiger partial charge in [0.2, 0.25) is 0 Å². The van der Waals surface area contributed by atoms with Crippen LogP contribution in [0.2, 0.25) is 0 Å². The highest BCUT2D eigenvalue weighted by Crippen LogP contribution is 2.07. The minimum Gasteiger partial charge on any atom is -0.466 e. The van der Waals surface area contributed by atoms with Crippen LogP contribution in [0.5, 0.6) is 0 Å². The summed E-state index contributed by atoms with van der Waals surface area (Å²) < 4.78 is 9.59. The largest absolute Gasteiger partial charge is 0.466 e. The van der Waals surface area contributed by atoms with Gasteiger partial charge in [-0.15, -0.1) is 0 Å². The van der Waals surface area contributed by atoms with Gasteiger partial charge >= 0.3 is 11.9 Å². The van der Waals surface area contributed by atoms with Crippen molar-refractivity contribution in [2.24, 2.45) is 0 Å². The monoisotopic (exact) mass is 260 g/mol. The van der Waals surface area contributed by atoms with Crippen LogP contribution in [0.15, 0.2) is 11.6 Å². The molecule has 0 aromatic heterocycles. The summed E-state index contributed by atoms with van der Waals surface area (Å²) in [5.74, 6) is -0.817. The number of ether oxygens (including phenoxy) is 2. The maximum absolute atomic E-state index is 10.7. The van der Waals surface area contributed by atoms with Crippen LogP contribution in [-0.2, 0) is 19.1 Å². The lowest BCUT2D eigenvalue weighted by atomic mass is 10.1. The molecule has 0 aliphatic carbocycles. The summed E-state index contributed by atoms with van der Waals surface area (Å²) in [5.41, 5.74) is 0.646. The third kappa shape index (κ3) is 9.80. The fourth-order valence-corrected chi connectivity index (χ4v) is 1.21. The topological polar surface area (TPSA) is 93.1 Å². The Balaban J connectivity index is 4.30. The van der Waals surface area contributed by atoms with E-state index in [1.165, 1.54) is 19.9 Å². The van der Waals surface area contributed by atoms with E-state index in [0.717, 1.165) is 0 Å². The first kappa shape index (κ1) is 16.6. The van der Waals surface area contributed by atoms with E-state index < -0.39 is 18.0 Å². The number of esters is 2. The molecule has 0 saturated heterocycles. The van der Waals surface area contributed by atoms with Gasteiger partial charge in [-0.1, -0.05) is 6.08 Å². The molecule has 0 bridgehead atoms. The minimum atomic E-state index is -0.808. The lowest BCUT2D eigenvalue weighted by Gasteiger charge is -2.11. The van der Waals surface area contributed by atoms with Crippen LogP contribution in [0.1, 0.15) is 26.7 Å². The first-order chi connectivity index (χ1) is 8.45. The number of aliphatic hydroxyl groups excluding tert-OH is 2. The molecule has 0 aliphatic rings. The molecule has 0 radical (unpaired) electrons. The Kier molecular flexibility index (Phi) is 8.86. The Morgan fingerprint density at radius 1 is 1.22 bits per heavy atom. The van der Waals surface area contributed by atoms with Gasteiger partial charge in [0.15, 0.2) is 0 Å². The Labute approximate surface area is 106 Å². The number of carbonyl (C=O) groups is 2. The average molecular weight is 260 g/mol. The Hall–Kier alpha value is -1.40. The SMILES string of the molecule is CC(=O)OCC/C(=C\[C@H](O)CCO)COC(C)=O. The summed E-state index contributed by atoms with van der Waals surface area (Å²) in [7, 11) is 0. The lowest BCUT2D eigenvalue weighted by Crippen LogP contribution is -2.12. The first-order valence-corrected chi connectivity index (χ1v) is 5.71. The Morgan fingerprint density at radius 2 is 1.83 bits per heavy atom. The van der Waals surface area contributed by atoms with Gasteiger partial charge in [0.1, 0.15) is 6.61 Å². The van der Waals surface area contributed by atoms with Crippen LogP contribution >= 0.6 is 0 Å². The summed E-state index contributed by atoms with van der Waals surface area (Å²) in [5, 5.41) is 18.2. The van der Waals surface area contributed by atoms with Crippen LogP contribution in [-0.4, -0.2) is 48.1 Å². The standard InChI is InChI=1S/C12H20O6/c1-9(14)17-6-4-11(8-18-10(2)15)7-12(16)3-5-13/h7,12-13,16H,3-6,8H2,1-2H3/b11-7+/t12-/m1/s1. The van der Waals surface area contributed by atoms with Crippen molar-refractivity contribution in [2.75, 3.05) is 19.8 Å². The van der Waals surface area contributed by atoms with E-state index in [-0.39, 0.29) is 26.2 Å². The second kappa shape index (κ2) is 9.61. The Bertz CT molecular complexity index is 297. The van der Waals surface area contributed by atoms with Crippen molar-refractivity contribution >= 4 is 11.9 Å². The second-order valence-corrected chi connectivity index (χ2v) is 3.77. The van der Waals surface area contributed by atoms with Crippen molar-refractivity contribution in [3.05, 3.63) is 11.6 Å². The number of carbonyl (C=O) groups excluding carboxylic acids is 2. The molecule has 6 nitrogen and oxygen atoms in total. The third-order valence-electron chi connectivity index (χ3n) is 2.04. The van der Waals surface area contributed by atoms with Gasteiger partial charge < -0.3 is 19.7 Å². The average Bonchev–Trinajstić information content (AvgIpc) is 2.25. The zero-order chi connectivity index (χ0) is 14.0. The molecule has 6 heteroatoms. The molecule has 0 rings (SSSR count). The van der Waals surface area contributed by atoms with Crippen molar-refractivity contribution in [3.63, 3.8) is 0 Å². The van der Waals surface area contributed by atoms with E-state index in [4.69, 9.17) is 14.6 Å². The quantitative estimate of drug-likeness (QED) is 0.477. The Morgan fingerprint density at radius 3 is 2.33 bits per heavy atom. The van der Waals surface area contributed by atoms with Crippen LogP contribution in [0.25, 0.3) is 0 Å². The predicted octanol–water partition coefficient (Wildman–Crippen LogP) is 0.172. The van der Waals surface area contributed by atoms with Crippen LogP contribution in [0.4, 0.5) is 0 Å². The highest BCUT2D eigenvalue weighted by atomic mass is 16.5. The van der Waals surface area contributed by atoms with E-state index in [1.54, 1.807) is 0 Å². The number of rotatable bonds is 8. The van der Waals surface area contributed by atoms with Gasteiger partial charge in [-0.3, -0.25) is 9.59 Å². The molecular formula is C12H20O6. The molecule has 0 heterocycles. The van der Waals surface area contributed by atoms with E-state index >= 15 is 0 Å². The smallest absolute Gasteiger partial charge is 0.302 e. The van der Waals surface area contributed by atoms with E-state index in [1.807, 2.05) is 0 Å². The van der Waals surface area contributed by atoms with E-state index in [0.29, 0.717) is 12.0 Å². The molecule has 0 aromatic rings. The molecule has 18 heavy (non-hydrogen) atoms. The summed E-state index contributed by atoms with van der Waals surface area (Å²) in [6.07, 6.45) is 1.27. The second-order valence-electron chi connectivity index (χ2n) is 3.77. The highest BCUT2D eigenvalue weighted by molar-refractivity contribution is 5.66. The number of hydrogen-bond donors (Lipinski definition) is 2. The maximum atomic E-state index is 10.7. The molecule has 0 spiro atoms. The molecule has 0 saturated carbocycles. The van der Waals surface area contributed by atoms with Gasteiger partial charge in [-0.25, -0.2) is 0 Å². The summed E-state index contributed by atoms with van der Waals surface area (Å²) in [6.45, 7) is 2.65. The molecular weight excluding hydrogens is 240 g/mol. The van der Waals surface area contributed by atoms with Gasteiger partial charge in [0.25, 0.3) is 0 Å². The highest BCUT2D eigenvalue weighted by Gasteiger charge is 2.06. The molecule has 2 N–H and O–H groups in total. The molecule has 0 unspecified atom stereocenters. The normalized spacial score (nSPS) is 13.0. The van der Waals surface area contributed by atoms with Crippen molar-refractivity contribution in [2.45, 2.75) is 32.8 Å². The van der Waals surface area contributed by atoms with E-state index in [2.05, 4.69) is 0 Å². The van der Waals surface area contributed by atoms with Crippen molar-refractivity contribution in [3.8, 4) is 0 Å². The summed E-state index contributed by atoms with van der Waals surface area (Å²) >= 11 is 0. The van der Waals surface area contributed by atoms with Crippen molar-refractivity contribution in [1.29, 1.82) is 0 Å². The maximum Gasteiger partial charge on any atom is 0.302 e. The lowest BCUT2D eigenvalue weighted by molar-refractivity contribution is -0.142.